The topological polar surface area (TPSA) is 29.5 Å². The van der Waals surface area contributed by atoms with Crippen LogP contribution in [0.15, 0.2) is 30.3 Å². The van der Waals surface area contributed by atoms with E-state index in [9.17, 15) is 4.79 Å². The van der Waals surface area contributed by atoms with Gasteiger partial charge in [0.05, 0.1) is 6.61 Å². The number of rotatable bonds is 6. The number of nitrogens with zero attached hydrogens (tertiary/aromatic N) is 1. The first kappa shape index (κ1) is 13.2. The van der Waals surface area contributed by atoms with E-state index >= 15 is 0 Å². The van der Waals surface area contributed by atoms with Crippen LogP contribution in [-0.4, -0.2) is 43.5 Å². The van der Waals surface area contributed by atoms with E-state index in [4.69, 9.17) is 4.74 Å². The molecule has 0 N–H and O–H groups in total. The van der Waals surface area contributed by atoms with Gasteiger partial charge >= 0.3 is 0 Å². The van der Waals surface area contributed by atoms with Crippen LogP contribution in [0.3, 0.4) is 0 Å². The molecule has 3 heteroatoms. The van der Waals surface area contributed by atoms with Crippen LogP contribution < -0.4 is 0 Å². The largest absolute Gasteiger partial charge is 0.372 e. The van der Waals surface area contributed by atoms with E-state index in [1.54, 1.807) is 0 Å². The minimum absolute atomic E-state index is 0.0641. The summed E-state index contributed by atoms with van der Waals surface area (Å²) in [6.45, 7) is 4.14. The van der Waals surface area contributed by atoms with Gasteiger partial charge in [-0.05, 0) is 25.9 Å². The van der Waals surface area contributed by atoms with Gasteiger partial charge in [0.1, 0.15) is 6.61 Å². The lowest BCUT2D eigenvalue weighted by atomic mass is 10.1. The number of carbonyl (C=O) groups is 1. The quantitative estimate of drug-likeness (QED) is 0.571. The highest BCUT2D eigenvalue weighted by Crippen LogP contribution is 2.07. The number of Topliss-reactive ketones (excluding diaryl/α,β-unsaturated/α-hetero) is 1. The van der Waals surface area contributed by atoms with Crippen molar-refractivity contribution in [2.75, 3.05) is 32.8 Å². The molecule has 1 aromatic carbocycles. The van der Waals surface area contributed by atoms with Crippen molar-refractivity contribution in [2.24, 2.45) is 0 Å². The van der Waals surface area contributed by atoms with Gasteiger partial charge in [-0.15, -0.1) is 0 Å². The number of hydrogen-bond acceptors (Lipinski definition) is 3. The predicted molar refractivity (Wildman–Crippen MR) is 71.9 cm³/mol. The van der Waals surface area contributed by atoms with Crippen molar-refractivity contribution in [1.82, 2.24) is 4.90 Å². The number of ketones is 1. The van der Waals surface area contributed by atoms with Gasteiger partial charge in [0.25, 0.3) is 0 Å². The number of hydrogen-bond donors (Lipinski definition) is 0. The second-order valence-corrected chi connectivity index (χ2v) is 4.74. The standard InChI is InChI=1S/C15H21NO2/c17-15(14-7-3-1-4-8-14)13-18-12-11-16-9-5-2-6-10-16/h1,3-4,7-8H,2,5-6,9-13H2. The minimum atomic E-state index is 0.0641. The molecule has 1 fully saturated rings. The van der Waals surface area contributed by atoms with Gasteiger partial charge < -0.3 is 9.64 Å². The highest BCUT2D eigenvalue weighted by Gasteiger charge is 2.10. The van der Waals surface area contributed by atoms with Crippen molar-refractivity contribution in [3.05, 3.63) is 35.9 Å². The summed E-state index contributed by atoms with van der Waals surface area (Å²) in [6, 6.07) is 9.32. The Hall–Kier alpha value is -1.19. The molecule has 0 bridgehead atoms. The van der Waals surface area contributed by atoms with E-state index in [2.05, 4.69) is 4.90 Å². The van der Waals surface area contributed by atoms with Crippen molar-refractivity contribution in [3.8, 4) is 0 Å². The molecule has 0 aliphatic carbocycles. The molecule has 0 saturated carbocycles. The summed E-state index contributed by atoms with van der Waals surface area (Å²) in [4.78, 5) is 14.2. The summed E-state index contributed by atoms with van der Waals surface area (Å²) >= 11 is 0. The fourth-order valence-corrected chi connectivity index (χ4v) is 2.25. The van der Waals surface area contributed by atoms with E-state index in [1.807, 2.05) is 30.3 Å². The molecule has 0 atom stereocenters. The molecule has 0 amide bonds. The molecular formula is C15H21NO2. The van der Waals surface area contributed by atoms with Gasteiger partial charge in [-0.25, -0.2) is 0 Å². The smallest absolute Gasteiger partial charge is 0.188 e. The molecule has 1 aliphatic heterocycles. The highest BCUT2D eigenvalue weighted by molar-refractivity contribution is 5.96. The Morgan fingerprint density at radius 3 is 2.56 bits per heavy atom. The summed E-state index contributed by atoms with van der Waals surface area (Å²) in [5, 5.41) is 0. The minimum Gasteiger partial charge on any atom is -0.372 e. The van der Waals surface area contributed by atoms with Gasteiger partial charge in [-0.3, -0.25) is 4.79 Å². The molecule has 0 spiro atoms. The third-order valence-electron chi connectivity index (χ3n) is 3.33. The first-order valence-electron chi connectivity index (χ1n) is 6.74. The Morgan fingerprint density at radius 2 is 1.83 bits per heavy atom. The number of carbonyl (C=O) groups excluding carboxylic acids is 1. The lowest BCUT2D eigenvalue weighted by Gasteiger charge is -2.25. The monoisotopic (exact) mass is 247 g/mol. The van der Waals surface area contributed by atoms with Crippen LogP contribution in [0, 0.1) is 0 Å². The Morgan fingerprint density at radius 1 is 1.11 bits per heavy atom. The molecule has 1 heterocycles. The summed E-state index contributed by atoms with van der Waals surface area (Å²) < 4.78 is 5.46. The maximum Gasteiger partial charge on any atom is 0.188 e. The molecule has 0 aromatic heterocycles. The Bertz CT molecular complexity index is 358. The van der Waals surface area contributed by atoms with Crippen LogP contribution in [0.2, 0.25) is 0 Å². The lowest BCUT2D eigenvalue weighted by molar-refractivity contribution is 0.0683. The fraction of sp³-hybridized carbons (Fsp3) is 0.533. The molecule has 0 unspecified atom stereocenters. The first-order valence-corrected chi connectivity index (χ1v) is 6.74. The van der Waals surface area contributed by atoms with E-state index in [1.165, 1.54) is 32.4 Å². The molecule has 2 rings (SSSR count). The second-order valence-electron chi connectivity index (χ2n) is 4.74. The number of benzene rings is 1. The Balaban J connectivity index is 1.62. The zero-order valence-corrected chi connectivity index (χ0v) is 10.8. The van der Waals surface area contributed by atoms with Crippen molar-refractivity contribution < 1.29 is 9.53 Å². The molecule has 3 nitrogen and oxygen atoms in total. The zero-order chi connectivity index (χ0) is 12.6. The normalized spacial score (nSPS) is 16.7. The summed E-state index contributed by atoms with van der Waals surface area (Å²) in [7, 11) is 0. The van der Waals surface area contributed by atoms with Crippen molar-refractivity contribution >= 4 is 5.78 Å². The number of ether oxygens (including phenoxy) is 1. The van der Waals surface area contributed by atoms with Crippen molar-refractivity contribution in [1.29, 1.82) is 0 Å². The van der Waals surface area contributed by atoms with Gasteiger partial charge in [0, 0.05) is 12.1 Å². The highest BCUT2D eigenvalue weighted by atomic mass is 16.5. The maximum absolute atomic E-state index is 11.8. The number of likely N-dealkylation sites (tertiary alicyclic amines) is 1. The zero-order valence-electron chi connectivity index (χ0n) is 10.8. The molecule has 18 heavy (non-hydrogen) atoms. The van der Waals surface area contributed by atoms with Gasteiger partial charge in [-0.1, -0.05) is 36.8 Å². The van der Waals surface area contributed by atoms with E-state index in [0.29, 0.717) is 6.61 Å². The van der Waals surface area contributed by atoms with Crippen LogP contribution in [-0.2, 0) is 4.74 Å². The van der Waals surface area contributed by atoms with Crippen LogP contribution >= 0.6 is 0 Å². The van der Waals surface area contributed by atoms with Crippen LogP contribution in [0.4, 0.5) is 0 Å². The average molecular weight is 247 g/mol. The molecule has 1 aliphatic rings. The Kier molecular flexibility index (Phi) is 5.36. The van der Waals surface area contributed by atoms with E-state index in [-0.39, 0.29) is 12.4 Å². The average Bonchev–Trinajstić information content (AvgIpc) is 2.45. The van der Waals surface area contributed by atoms with Crippen LogP contribution in [0.25, 0.3) is 0 Å². The summed E-state index contributed by atoms with van der Waals surface area (Å²) in [5.74, 6) is 0.0641. The molecule has 0 radical (unpaired) electrons. The van der Waals surface area contributed by atoms with Crippen molar-refractivity contribution in [2.45, 2.75) is 19.3 Å². The SMILES string of the molecule is O=C(COCCN1CCCCC1)c1ccccc1. The summed E-state index contributed by atoms with van der Waals surface area (Å²) in [6.07, 6.45) is 3.94. The third-order valence-corrected chi connectivity index (χ3v) is 3.33. The molecule has 1 saturated heterocycles. The predicted octanol–water partition coefficient (Wildman–Crippen LogP) is 2.37. The van der Waals surface area contributed by atoms with Gasteiger partial charge in [0.2, 0.25) is 0 Å². The van der Waals surface area contributed by atoms with E-state index in [0.717, 1.165) is 12.1 Å². The molecule has 98 valence electrons. The maximum atomic E-state index is 11.8. The second kappa shape index (κ2) is 7.29. The van der Waals surface area contributed by atoms with Crippen molar-refractivity contribution in [3.63, 3.8) is 0 Å². The van der Waals surface area contributed by atoms with E-state index < -0.39 is 0 Å². The van der Waals surface area contributed by atoms with Crippen LogP contribution in [0.5, 0.6) is 0 Å². The summed E-state index contributed by atoms with van der Waals surface area (Å²) in [5.41, 5.74) is 0.732. The number of piperidine rings is 1. The van der Waals surface area contributed by atoms with Gasteiger partial charge in [0.15, 0.2) is 5.78 Å². The molecular weight excluding hydrogens is 226 g/mol. The van der Waals surface area contributed by atoms with Gasteiger partial charge in [-0.2, -0.15) is 0 Å². The Labute approximate surface area is 109 Å². The molecule has 1 aromatic rings. The lowest BCUT2D eigenvalue weighted by Crippen LogP contribution is -2.33. The fourth-order valence-electron chi connectivity index (χ4n) is 2.25. The third kappa shape index (κ3) is 4.24. The van der Waals surface area contributed by atoms with Crippen LogP contribution in [0.1, 0.15) is 29.6 Å². The first-order chi connectivity index (χ1) is 8.86.